The Morgan fingerprint density at radius 1 is 1.44 bits per heavy atom. The van der Waals surface area contributed by atoms with Crippen LogP contribution in [0.15, 0.2) is 24.3 Å². The van der Waals surface area contributed by atoms with E-state index < -0.39 is 0 Å². The third-order valence-corrected chi connectivity index (χ3v) is 3.50. The molecule has 0 atom stereocenters. The number of benzene rings is 1. The van der Waals surface area contributed by atoms with Gasteiger partial charge in [-0.3, -0.25) is 4.79 Å². The summed E-state index contributed by atoms with van der Waals surface area (Å²) in [5, 5.41) is 3.36. The zero-order valence-electron chi connectivity index (χ0n) is 9.74. The monoisotopic (exact) mass is 281 g/mol. The molecule has 0 aliphatic carbocycles. The van der Waals surface area contributed by atoms with Crippen molar-refractivity contribution in [2.75, 3.05) is 12.3 Å². The van der Waals surface area contributed by atoms with Gasteiger partial charge in [-0.2, -0.15) is 4.37 Å². The van der Waals surface area contributed by atoms with Crippen LogP contribution in [0.25, 0.3) is 11.3 Å². The summed E-state index contributed by atoms with van der Waals surface area (Å²) in [6, 6.07) is 7.19. The van der Waals surface area contributed by atoms with Crippen LogP contribution in [0.2, 0.25) is 5.02 Å². The van der Waals surface area contributed by atoms with Gasteiger partial charge in [-0.25, -0.2) is 0 Å². The van der Waals surface area contributed by atoms with Crippen LogP contribution in [0.4, 0.5) is 5.69 Å². The second kappa shape index (κ2) is 5.37. The molecule has 1 heterocycles. The number of rotatable bonds is 3. The van der Waals surface area contributed by atoms with Crippen molar-refractivity contribution in [3.63, 3.8) is 0 Å². The summed E-state index contributed by atoms with van der Waals surface area (Å²) in [6.07, 6.45) is 0. The SMILES string of the molecule is CCNC(=O)c1snc(-c2ccc(Cl)cc2)c1N. The van der Waals surface area contributed by atoms with Gasteiger partial charge < -0.3 is 11.1 Å². The minimum Gasteiger partial charge on any atom is -0.396 e. The summed E-state index contributed by atoms with van der Waals surface area (Å²) in [6.45, 7) is 2.42. The van der Waals surface area contributed by atoms with E-state index in [1.807, 2.05) is 19.1 Å². The van der Waals surface area contributed by atoms with E-state index in [2.05, 4.69) is 9.69 Å². The molecule has 0 aliphatic rings. The number of aromatic nitrogens is 1. The van der Waals surface area contributed by atoms with Crippen LogP contribution in [-0.2, 0) is 0 Å². The van der Waals surface area contributed by atoms with Gasteiger partial charge in [0.15, 0.2) is 0 Å². The molecule has 0 fully saturated rings. The van der Waals surface area contributed by atoms with Gasteiger partial charge in [-0.1, -0.05) is 23.7 Å². The normalized spacial score (nSPS) is 10.3. The summed E-state index contributed by atoms with van der Waals surface area (Å²) in [5.41, 5.74) is 7.84. The highest BCUT2D eigenvalue weighted by Gasteiger charge is 2.17. The van der Waals surface area contributed by atoms with E-state index in [0.717, 1.165) is 17.1 Å². The van der Waals surface area contributed by atoms with Crippen molar-refractivity contribution in [3.05, 3.63) is 34.2 Å². The van der Waals surface area contributed by atoms with Gasteiger partial charge in [-0.05, 0) is 30.6 Å². The van der Waals surface area contributed by atoms with Crippen LogP contribution >= 0.6 is 23.1 Å². The van der Waals surface area contributed by atoms with Crippen molar-refractivity contribution >= 4 is 34.7 Å². The molecule has 0 unspecified atom stereocenters. The van der Waals surface area contributed by atoms with Crippen LogP contribution in [0.5, 0.6) is 0 Å². The summed E-state index contributed by atoms with van der Waals surface area (Å²) >= 11 is 6.93. The van der Waals surface area contributed by atoms with Gasteiger partial charge >= 0.3 is 0 Å². The number of nitrogens with one attached hydrogen (secondary N) is 1. The minimum atomic E-state index is -0.187. The Hall–Kier alpha value is -1.59. The molecule has 94 valence electrons. The average molecular weight is 282 g/mol. The maximum atomic E-state index is 11.7. The minimum absolute atomic E-state index is 0.187. The molecule has 1 aromatic carbocycles. The Morgan fingerprint density at radius 2 is 2.11 bits per heavy atom. The number of nitrogens with two attached hydrogens (primary N) is 1. The highest BCUT2D eigenvalue weighted by atomic mass is 35.5. The Bertz CT molecular complexity index is 565. The van der Waals surface area contributed by atoms with Crippen molar-refractivity contribution in [1.82, 2.24) is 9.69 Å². The zero-order valence-corrected chi connectivity index (χ0v) is 11.3. The first-order valence-corrected chi connectivity index (χ1v) is 6.58. The van der Waals surface area contributed by atoms with E-state index in [0.29, 0.717) is 27.8 Å². The van der Waals surface area contributed by atoms with E-state index in [1.54, 1.807) is 12.1 Å². The van der Waals surface area contributed by atoms with Gasteiger partial charge in [0.25, 0.3) is 5.91 Å². The average Bonchev–Trinajstić information content (AvgIpc) is 2.73. The number of amides is 1. The lowest BCUT2D eigenvalue weighted by Gasteiger charge is -2.01. The number of anilines is 1. The predicted molar refractivity (Wildman–Crippen MR) is 75.0 cm³/mol. The lowest BCUT2D eigenvalue weighted by atomic mass is 10.1. The standard InChI is InChI=1S/C12H12ClN3OS/c1-2-15-12(17)11-9(14)10(16-18-11)7-3-5-8(13)6-4-7/h3-6H,2,14H2,1H3,(H,15,17). The van der Waals surface area contributed by atoms with E-state index in [-0.39, 0.29) is 5.91 Å². The second-order valence-electron chi connectivity index (χ2n) is 3.64. The molecule has 3 N–H and O–H groups in total. The zero-order chi connectivity index (χ0) is 13.1. The topological polar surface area (TPSA) is 68.0 Å². The van der Waals surface area contributed by atoms with E-state index >= 15 is 0 Å². The summed E-state index contributed by atoms with van der Waals surface area (Å²) in [4.78, 5) is 12.2. The molecule has 1 amide bonds. The van der Waals surface area contributed by atoms with E-state index in [4.69, 9.17) is 17.3 Å². The molecule has 18 heavy (non-hydrogen) atoms. The third-order valence-electron chi connectivity index (χ3n) is 2.39. The highest BCUT2D eigenvalue weighted by molar-refractivity contribution is 7.09. The lowest BCUT2D eigenvalue weighted by Crippen LogP contribution is -2.22. The van der Waals surface area contributed by atoms with Crippen molar-refractivity contribution in [2.45, 2.75) is 6.92 Å². The molecule has 0 aliphatic heterocycles. The molecule has 0 radical (unpaired) electrons. The fourth-order valence-electron chi connectivity index (χ4n) is 1.52. The molecular formula is C12H12ClN3OS. The van der Waals surface area contributed by atoms with Crippen molar-refractivity contribution in [3.8, 4) is 11.3 Å². The number of carbonyl (C=O) groups excluding carboxylic acids is 1. The molecule has 0 spiro atoms. The van der Waals surface area contributed by atoms with E-state index in [9.17, 15) is 4.79 Å². The molecule has 4 nitrogen and oxygen atoms in total. The van der Waals surface area contributed by atoms with Crippen molar-refractivity contribution < 1.29 is 4.79 Å². The van der Waals surface area contributed by atoms with Crippen LogP contribution < -0.4 is 11.1 Å². The first-order chi connectivity index (χ1) is 8.63. The number of nitrogen functional groups attached to an aromatic ring is 1. The first-order valence-electron chi connectivity index (χ1n) is 5.42. The molecule has 0 saturated carbocycles. The highest BCUT2D eigenvalue weighted by Crippen LogP contribution is 2.31. The number of nitrogens with zero attached hydrogens (tertiary/aromatic N) is 1. The Morgan fingerprint density at radius 3 is 2.72 bits per heavy atom. The van der Waals surface area contributed by atoms with E-state index in [1.165, 1.54) is 0 Å². The lowest BCUT2D eigenvalue weighted by molar-refractivity contribution is 0.0960. The smallest absolute Gasteiger partial charge is 0.265 e. The largest absolute Gasteiger partial charge is 0.396 e. The Kier molecular flexibility index (Phi) is 3.84. The van der Waals surface area contributed by atoms with Crippen molar-refractivity contribution in [2.24, 2.45) is 0 Å². The van der Waals surface area contributed by atoms with Crippen LogP contribution in [0.1, 0.15) is 16.6 Å². The van der Waals surface area contributed by atoms with Gasteiger partial charge in [-0.15, -0.1) is 0 Å². The number of hydrogen-bond acceptors (Lipinski definition) is 4. The predicted octanol–water partition coefficient (Wildman–Crippen LogP) is 2.80. The molecule has 0 bridgehead atoms. The van der Waals surface area contributed by atoms with Crippen molar-refractivity contribution in [1.29, 1.82) is 0 Å². The number of halogens is 1. The number of hydrogen-bond donors (Lipinski definition) is 2. The third kappa shape index (κ3) is 2.47. The Labute approximate surface area is 114 Å². The van der Waals surface area contributed by atoms with Gasteiger partial charge in [0.05, 0.1) is 5.69 Å². The first kappa shape index (κ1) is 12.9. The summed E-state index contributed by atoms with van der Waals surface area (Å²) in [5.74, 6) is -0.187. The molecule has 1 aromatic heterocycles. The second-order valence-corrected chi connectivity index (χ2v) is 4.85. The van der Waals surface area contributed by atoms with Crippen LogP contribution in [-0.4, -0.2) is 16.8 Å². The van der Waals surface area contributed by atoms with Gasteiger partial charge in [0.1, 0.15) is 10.6 Å². The van der Waals surface area contributed by atoms with Gasteiger partial charge in [0.2, 0.25) is 0 Å². The van der Waals surface area contributed by atoms with Crippen LogP contribution in [0.3, 0.4) is 0 Å². The molecule has 2 rings (SSSR count). The molecular weight excluding hydrogens is 270 g/mol. The summed E-state index contributed by atoms with van der Waals surface area (Å²) < 4.78 is 4.23. The fraction of sp³-hybridized carbons (Fsp3) is 0.167. The number of carbonyl (C=O) groups is 1. The fourth-order valence-corrected chi connectivity index (χ4v) is 2.38. The molecule has 2 aromatic rings. The maximum Gasteiger partial charge on any atom is 0.265 e. The summed E-state index contributed by atoms with van der Waals surface area (Å²) in [7, 11) is 0. The maximum absolute atomic E-state index is 11.7. The van der Waals surface area contributed by atoms with Crippen LogP contribution in [0, 0.1) is 0 Å². The quantitative estimate of drug-likeness (QED) is 0.909. The van der Waals surface area contributed by atoms with Gasteiger partial charge in [0, 0.05) is 17.1 Å². The Balaban J connectivity index is 2.36. The molecule has 6 heteroatoms. The molecule has 0 saturated heterocycles.